The third-order valence-electron chi connectivity index (χ3n) is 12.2. The summed E-state index contributed by atoms with van der Waals surface area (Å²) >= 11 is 0. The zero-order chi connectivity index (χ0) is 33.4. The van der Waals surface area contributed by atoms with Crippen molar-refractivity contribution in [2.75, 3.05) is 20.0 Å². The molecule has 3 fully saturated rings. The van der Waals surface area contributed by atoms with Gasteiger partial charge >= 0.3 is 5.97 Å². The summed E-state index contributed by atoms with van der Waals surface area (Å²) in [5, 5.41) is 0. The summed E-state index contributed by atoms with van der Waals surface area (Å²) in [5.74, 6) is 3.82. The summed E-state index contributed by atoms with van der Waals surface area (Å²) in [6, 6.07) is 17.0. The SMILES string of the molecule is CCCCCC1CCC(c2ccc(OCOCC3(COC(=O)c4ccc(C5CCC(CCCCC)CC5)cc4)CCCCC3)cc2)CC1. The van der Waals surface area contributed by atoms with Crippen LogP contribution in [0.15, 0.2) is 48.5 Å². The van der Waals surface area contributed by atoms with E-state index in [1.54, 1.807) is 0 Å². The monoisotopic (exact) mass is 658 g/mol. The first-order chi connectivity index (χ1) is 23.6. The van der Waals surface area contributed by atoms with Gasteiger partial charge in [0.15, 0.2) is 6.79 Å². The fourth-order valence-electron chi connectivity index (χ4n) is 8.96. The molecule has 0 aromatic heterocycles. The van der Waals surface area contributed by atoms with Crippen molar-refractivity contribution in [2.24, 2.45) is 17.3 Å². The normalized spacial score (nSPS) is 24.2. The molecule has 0 spiro atoms. The number of hydrogen-bond acceptors (Lipinski definition) is 4. The van der Waals surface area contributed by atoms with Crippen molar-refractivity contribution in [1.29, 1.82) is 0 Å². The van der Waals surface area contributed by atoms with Crippen LogP contribution in [0.1, 0.15) is 182 Å². The van der Waals surface area contributed by atoms with Crippen molar-refractivity contribution in [2.45, 2.75) is 161 Å². The van der Waals surface area contributed by atoms with Crippen LogP contribution in [-0.4, -0.2) is 26.0 Å². The number of ether oxygens (including phenoxy) is 3. The molecule has 266 valence electrons. The second kappa shape index (κ2) is 19.8. The minimum Gasteiger partial charge on any atom is -0.468 e. The maximum Gasteiger partial charge on any atom is 0.338 e. The van der Waals surface area contributed by atoms with Crippen molar-refractivity contribution in [1.82, 2.24) is 0 Å². The molecule has 4 heteroatoms. The van der Waals surface area contributed by atoms with E-state index in [0.29, 0.717) is 30.6 Å². The lowest BCUT2D eigenvalue weighted by Crippen LogP contribution is -2.36. The molecule has 4 nitrogen and oxygen atoms in total. The molecular formula is C44H66O4. The molecule has 0 heterocycles. The van der Waals surface area contributed by atoms with Crippen LogP contribution in [-0.2, 0) is 9.47 Å². The van der Waals surface area contributed by atoms with E-state index in [-0.39, 0.29) is 18.2 Å². The maximum atomic E-state index is 13.1. The Kier molecular flexibility index (Phi) is 15.2. The van der Waals surface area contributed by atoms with Gasteiger partial charge in [-0.1, -0.05) is 109 Å². The predicted octanol–water partition coefficient (Wildman–Crippen LogP) is 12.6. The lowest BCUT2D eigenvalue weighted by Gasteiger charge is -2.36. The first kappa shape index (κ1) is 36.9. The van der Waals surface area contributed by atoms with Crippen LogP contribution in [0.5, 0.6) is 5.75 Å². The Labute approximate surface area is 293 Å². The molecule has 0 bridgehead atoms. The van der Waals surface area contributed by atoms with Gasteiger partial charge in [-0.2, -0.15) is 0 Å². The first-order valence-electron chi connectivity index (χ1n) is 20.1. The van der Waals surface area contributed by atoms with Crippen LogP contribution >= 0.6 is 0 Å². The molecule has 0 atom stereocenters. The lowest BCUT2D eigenvalue weighted by molar-refractivity contribution is -0.0665. The summed E-state index contributed by atoms with van der Waals surface area (Å²) < 4.78 is 18.1. The summed E-state index contributed by atoms with van der Waals surface area (Å²) in [5.41, 5.74) is 3.36. The van der Waals surface area contributed by atoms with Gasteiger partial charge in [0, 0.05) is 5.41 Å². The van der Waals surface area contributed by atoms with Crippen molar-refractivity contribution in [3.8, 4) is 5.75 Å². The summed E-state index contributed by atoms with van der Waals surface area (Å²) in [6.45, 7) is 5.77. The number of rotatable bonds is 18. The van der Waals surface area contributed by atoms with Crippen molar-refractivity contribution in [3.63, 3.8) is 0 Å². The van der Waals surface area contributed by atoms with Crippen LogP contribution in [0.25, 0.3) is 0 Å². The Morgan fingerprint density at radius 2 is 1.17 bits per heavy atom. The van der Waals surface area contributed by atoms with Gasteiger partial charge in [0.05, 0.1) is 18.8 Å². The van der Waals surface area contributed by atoms with Crippen LogP contribution in [0.4, 0.5) is 0 Å². The molecule has 2 aromatic rings. The van der Waals surface area contributed by atoms with Gasteiger partial charge in [0.2, 0.25) is 0 Å². The van der Waals surface area contributed by atoms with Gasteiger partial charge in [0.1, 0.15) is 5.75 Å². The van der Waals surface area contributed by atoms with Gasteiger partial charge in [0.25, 0.3) is 0 Å². The number of carbonyl (C=O) groups is 1. The van der Waals surface area contributed by atoms with E-state index in [2.05, 4.69) is 50.2 Å². The topological polar surface area (TPSA) is 44.8 Å². The molecule has 0 aliphatic heterocycles. The number of unbranched alkanes of at least 4 members (excludes halogenated alkanes) is 4. The largest absolute Gasteiger partial charge is 0.468 e. The Balaban J connectivity index is 1.02. The van der Waals surface area contributed by atoms with Crippen LogP contribution in [0, 0.1) is 17.3 Å². The zero-order valence-corrected chi connectivity index (χ0v) is 30.5. The molecular weight excluding hydrogens is 592 g/mol. The van der Waals surface area contributed by atoms with E-state index >= 15 is 0 Å². The highest BCUT2D eigenvalue weighted by Gasteiger charge is 2.34. The number of hydrogen-bond donors (Lipinski definition) is 0. The number of carbonyl (C=O) groups excluding carboxylic acids is 1. The summed E-state index contributed by atoms with van der Waals surface area (Å²) in [4.78, 5) is 13.1. The van der Waals surface area contributed by atoms with Gasteiger partial charge in [-0.15, -0.1) is 0 Å². The highest BCUT2D eigenvalue weighted by molar-refractivity contribution is 5.89. The van der Waals surface area contributed by atoms with Gasteiger partial charge in [-0.25, -0.2) is 4.79 Å². The lowest BCUT2D eigenvalue weighted by atomic mass is 9.75. The molecule has 3 aliphatic carbocycles. The van der Waals surface area contributed by atoms with Crippen LogP contribution in [0.2, 0.25) is 0 Å². The average Bonchev–Trinajstić information content (AvgIpc) is 3.14. The van der Waals surface area contributed by atoms with E-state index in [4.69, 9.17) is 14.2 Å². The van der Waals surface area contributed by atoms with Gasteiger partial charge < -0.3 is 14.2 Å². The van der Waals surface area contributed by atoms with Crippen LogP contribution in [0.3, 0.4) is 0 Å². The van der Waals surface area contributed by atoms with Gasteiger partial charge in [-0.05, 0) is 123 Å². The second-order valence-corrected chi connectivity index (χ2v) is 15.9. The van der Waals surface area contributed by atoms with E-state index in [0.717, 1.165) is 43.3 Å². The predicted molar refractivity (Wildman–Crippen MR) is 198 cm³/mol. The Morgan fingerprint density at radius 1 is 0.646 bits per heavy atom. The van der Waals surface area contributed by atoms with E-state index in [1.165, 1.54) is 120 Å². The Morgan fingerprint density at radius 3 is 1.69 bits per heavy atom. The van der Waals surface area contributed by atoms with Gasteiger partial charge in [-0.3, -0.25) is 0 Å². The van der Waals surface area contributed by atoms with E-state index in [1.807, 2.05) is 12.1 Å². The summed E-state index contributed by atoms with van der Waals surface area (Å²) in [6.07, 6.45) is 27.2. The molecule has 2 aromatic carbocycles. The Hall–Kier alpha value is -2.33. The molecule has 3 aliphatic rings. The van der Waals surface area contributed by atoms with Crippen molar-refractivity contribution in [3.05, 3.63) is 65.2 Å². The van der Waals surface area contributed by atoms with Crippen molar-refractivity contribution >= 4 is 5.97 Å². The third-order valence-corrected chi connectivity index (χ3v) is 12.2. The summed E-state index contributed by atoms with van der Waals surface area (Å²) in [7, 11) is 0. The highest BCUT2D eigenvalue weighted by Crippen LogP contribution is 2.40. The molecule has 0 saturated heterocycles. The molecule has 3 saturated carbocycles. The number of benzene rings is 2. The zero-order valence-electron chi connectivity index (χ0n) is 30.5. The molecule has 0 unspecified atom stereocenters. The van der Waals surface area contributed by atoms with Crippen molar-refractivity contribution < 1.29 is 19.0 Å². The average molecular weight is 659 g/mol. The highest BCUT2D eigenvalue weighted by atomic mass is 16.7. The Bertz CT molecular complexity index is 1170. The van der Waals surface area contributed by atoms with E-state index in [9.17, 15) is 4.79 Å². The fourth-order valence-corrected chi connectivity index (χ4v) is 8.96. The molecule has 0 radical (unpaired) electrons. The first-order valence-corrected chi connectivity index (χ1v) is 20.1. The quantitative estimate of drug-likeness (QED) is 0.0908. The molecule has 0 N–H and O–H groups in total. The molecule has 0 amide bonds. The fraction of sp³-hybridized carbons (Fsp3) is 0.705. The smallest absolute Gasteiger partial charge is 0.338 e. The minimum absolute atomic E-state index is 0.133. The van der Waals surface area contributed by atoms with Crippen LogP contribution < -0.4 is 4.74 Å². The molecule has 5 rings (SSSR count). The standard InChI is InChI=1S/C44H66O4/c1-3-5-8-12-35-14-18-37(19-15-35)39-22-24-41(25-23-39)43(45)47-33-44(30-10-7-11-31-44)32-46-34-48-42-28-26-40(27-29-42)38-20-16-36(17-21-38)13-9-6-4-2/h22-29,35-38H,3-21,30-34H2,1-2H3. The minimum atomic E-state index is -0.215. The maximum absolute atomic E-state index is 13.1. The molecule has 48 heavy (non-hydrogen) atoms. The third kappa shape index (κ3) is 11.4. The number of esters is 1. The second-order valence-electron chi connectivity index (χ2n) is 15.9. The van der Waals surface area contributed by atoms with E-state index < -0.39 is 0 Å².